The van der Waals surface area contributed by atoms with Crippen LogP contribution in [0, 0.1) is 0 Å². The van der Waals surface area contributed by atoms with Gasteiger partial charge in [0.2, 0.25) is 10.0 Å². The van der Waals surface area contributed by atoms with Gasteiger partial charge in [-0.1, -0.05) is 30.3 Å². The summed E-state index contributed by atoms with van der Waals surface area (Å²) in [5.74, 6) is -0.532. The van der Waals surface area contributed by atoms with Gasteiger partial charge < -0.3 is 4.74 Å². The largest absolute Gasteiger partial charge is 0.465 e. The molecule has 0 radical (unpaired) electrons. The number of fused-ring (bicyclic) bond motifs is 1. The number of para-hydroxylation sites is 1. The number of methoxy groups -OCH3 is 1. The molecule has 120 valence electrons. The van der Waals surface area contributed by atoms with Crippen molar-refractivity contribution in [3.05, 3.63) is 65.2 Å². The molecule has 2 aromatic rings. The van der Waals surface area contributed by atoms with Crippen molar-refractivity contribution >= 4 is 21.7 Å². The monoisotopic (exact) mass is 331 g/mol. The summed E-state index contributed by atoms with van der Waals surface area (Å²) in [6.07, 6.45) is 0.733. The maximum atomic E-state index is 12.7. The van der Waals surface area contributed by atoms with Crippen LogP contribution in [0.1, 0.15) is 21.5 Å². The molecule has 23 heavy (non-hydrogen) atoms. The summed E-state index contributed by atoms with van der Waals surface area (Å²) >= 11 is 0. The van der Waals surface area contributed by atoms with Gasteiger partial charge in [0.1, 0.15) is 0 Å². The maximum absolute atomic E-state index is 12.7. The molecule has 0 fully saturated rings. The van der Waals surface area contributed by atoms with Crippen LogP contribution in [0.2, 0.25) is 0 Å². The van der Waals surface area contributed by atoms with Crippen molar-refractivity contribution in [1.29, 1.82) is 0 Å². The van der Waals surface area contributed by atoms with Gasteiger partial charge in [-0.15, -0.1) is 0 Å². The van der Waals surface area contributed by atoms with Crippen LogP contribution in [0.25, 0.3) is 0 Å². The minimum absolute atomic E-state index is 0.0945. The molecule has 0 N–H and O–H groups in total. The van der Waals surface area contributed by atoms with Crippen LogP contribution in [-0.4, -0.2) is 28.0 Å². The smallest absolute Gasteiger partial charge is 0.337 e. The molecule has 0 aromatic heterocycles. The summed E-state index contributed by atoms with van der Waals surface area (Å²) in [6.45, 7) is 0.474. The third-order valence-corrected chi connectivity index (χ3v) is 5.65. The summed E-state index contributed by atoms with van der Waals surface area (Å²) in [5.41, 5.74) is 2.86. The Morgan fingerprint density at radius 1 is 1.13 bits per heavy atom. The van der Waals surface area contributed by atoms with Crippen molar-refractivity contribution in [2.75, 3.05) is 18.0 Å². The van der Waals surface area contributed by atoms with E-state index in [0.717, 1.165) is 17.7 Å². The second-order valence-electron chi connectivity index (χ2n) is 5.40. The van der Waals surface area contributed by atoms with Crippen LogP contribution < -0.4 is 4.31 Å². The number of benzene rings is 2. The molecular formula is C17H17NO4S. The van der Waals surface area contributed by atoms with E-state index in [-0.39, 0.29) is 5.75 Å². The van der Waals surface area contributed by atoms with E-state index in [1.165, 1.54) is 11.4 Å². The lowest BCUT2D eigenvalue weighted by atomic mass is 10.1. The van der Waals surface area contributed by atoms with E-state index in [4.69, 9.17) is 0 Å². The first kappa shape index (κ1) is 15.6. The fraction of sp³-hybridized carbons (Fsp3) is 0.235. The lowest BCUT2D eigenvalue weighted by Gasteiger charge is -2.19. The van der Waals surface area contributed by atoms with Gasteiger partial charge in [0.05, 0.1) is 24.1 Å². The lowest BCUT2D eigenvalue weighted by Crippen LogP contribution is -2.30. The highest BCUT2D eigenvalue weighted by atomic mass is 32.2. The summed E-state index contributed by atoms with van der Waals surface area (Å²) in [5, 5.41) is 0. The van der Waals surface area contributed by atoms with Crippen LogP contribution >= 0.6 is 0 Å². The first-order chi connectivity index (χ1) is 11.0. The minimum atomic E-state index is -3.45. The molecule has 1 aliphatic rings. The van der Waals surface area contributed by atoms with Crippen LogP contribution in [0.4, 0.5) is 5.69 Å². The summed E-state index contributed by atoms with van der Waals surface area (Å²) in [6, 6.07) is 14.0. The second kappa shape index (κ2) is 6.04. The Morgan fingerprint density at radius 2 is 1.83 bits per heavy atom. The Labute approximate surface area is 135 Å². The van der Waals surface area contributed by atoms with E-state index in [0.29, 0.717) is 17.7 Å². The van der Waals surface area contributed by atoms with Gasteiger partial charge in [-0.2, -0.15) is 0 Å². The number of carbonyl (C=O) groups is 1. The minimum Gasteiger partial charge on any atom is -0.465 e. The van der Waals surface area contributed by atoms with Gasteiger partial charge in [-0.25, -0.2) is 13.2 Å². The molecule has 0 bridgehead atoms. The Kier molecular flexibility index (Phi) is 4.09. The van der Waals surface area contributed by atoms with Gasteiger partial charge in [0.25, 0.3) is 0 Å². The molecule has 0 saturated carbocycles. The van der Waals surface area contributed by atoms with E-state index in [9.17, 15) is 13.2 Å². The molecule has 1 aliphatic heterocycles. The summed E-state index contributed by atoms with van der Waals surface area (Å²) < 4.78 is 31.4. The maximum Gasteiger partial charge on any atom is 0.337 e. The van der Waals surface area contributed by atoms with Gasteiger partial charge >= 0.3 is 5.97 Å². The first-order valence-corrected chi connectivity index (χ1v) is 8.88. The highest BCUT2D eigenvalue weighted by Gasteiger charge is 2.29. The lowest BCUT2D eigenvalue weighted by molar-refractivity contribution is 0.0600. The number of anilines is 1. The second-order valence-corrected chi connectivity index (χ2v) is 7.29. The van der Waals surface area contributed by atoms with Crippen molar-refractivity contribution in [3.8, 4) is 0 Å². The SMILES string of the molecule is COC(=O)c1ccc(CS(=O)(=O)N2CCc3ccccc32)cc1. The molecule has 0 spiro atoms. The van der Waals surface area contributed by atoms with E-state index >= 15 is 0 Å². The molecule has 0 atom stereocenters. The summed E-state index contributed by atoms with van der Waals surface area (Å²) in [7, 11) is -2.14. The highest BCUT2D eigenvalue weighted by molar-refractivity contribution is 7.92. The molecule has 2 aromatic carbocycles. The number of rotatable bonds is 4. The van der Waals surface area contributed by atoms with Crippen molar-refractivity contribution < 1.29 is 17.9 Å². The third-order valence-electron chi connectivity index (χ3n) is 3.90. The predicted molar refractivity (Wildman–Crippen MR) is 87.9 cm³/mol. The number of sulfonamides is 1. The molecule has 3 rings (SSSR count). The van der Waals surface area contributed by atoms with Crippen LogP contribution in [-0.2, 0) is 26.9 Å². The van der Waals surface area contributed by atoms with E-state index in [1.807, 2.05) is 24.3 Å². The Morgan fingerprint density at radius 3 is 2.52 bits per heavy atom. The van der Waals surface area contributed by atoms with Crippen LogP contribution in [0.3, 0.4) is 0 Å². The standard InChI is InChI=1S/C17H17NO4S/c1-22-17(19)15-8-6-13(7-9-15)12-23(20,21)18-11-10-14-4-2-3-5-16(14)18/h2-9H,10-12H2,1H3. The topological polar surface area (TPSA) is 63.7 Å². The zero-order valence-electron chi connectivity index (χ0n) is 12.7. The summed E-state index contributed by atoms with van der Waals surface area (Å²) in [4.78, 5) is 11.4. The Hall–Kier alpha value is -2.34. The number of ether oxygens (including phenoxy) is 1. The van der Waals surface area contributed by atoms with Crippen LogP contribution in [0.15, 0.2) is 48.5 Å². The van der Waals surface area contributed by atoms with Crippen molar-refractivity contribution in [1.82, 2.24) is 0 Å². The van der Waals surface area contributed by atoms with E-state index in [1.54, 1.807) is 24.3 Å². The van der Waals surface area contributed by atoms with Crippen molar-refractivity contribution in [3.63, 3.8) is 0 Å². The molecular weight excluding hydrogens is 314 g/mol. The average Bonchev–Trinajstić information content (AvgIpc) is 2.99. The fourth-order valence-electron chi connectivity index (χ4n) is 2.74. The Bertz CT molecular complexity index is 828. The molecule has 0 unspecified atom stereocenters. The number of esters is 1. The third kappa shape index (κ3) is 3.07. The fourth-order valence-corrected chi connectivity index (χ4v) is 4.36. The number of nitrogens with zero attached hydrogens (tertiary/aromatic N) is 1. The van der Waals surface area contributed by atoms with E-state index < -0.39 is 16.0 Å². The van der Waals surface area contributed by atoms with Gasteiger partial charge in [-0.3, -0.25) is 4.31 Å². The van der Waals surface area contributed by atoms with Gasteiger partial charge in [-0.05, 0) is 35.7 Å². The zero-order chi connectivity index (χ0) is 16.4. The number of hydrogen-bond acceptors (Lipinski definition) is 4. The molecule has 0 aliphatic carbocycles. The molecule has 0 saturated heterocycles. The molecule has 6 heteroatoms. The molecule has 1 heterocycles. The Balaban J connectivity index is 1.81. The molecule has 0 amide bonds. The normalized spacial score (nSPS) is 13.7. The number of hydrogen-bond donors (Lipinski definition) is 0. The predicted octanol–water partition coefficient (Wildman–Crippen LogP) is 2.37. The zero-order valence-corrected chi connectivity index (χ0v) is 13.5. The highest BCUT2D eigenvalue weighted by Crippen LogP contribution is 2.31. The van der Waals surface area contributed by atoms with E-state index in [2.05, 4.69) is 4.74 Å². The van der Waals surface area contributed by atoms with Crippen LogP contribution in [0.5, 0.6) is 0 Å². The molecule has 5 nitrogen and oxygen atoms in total. The van der Waals surface area contributed by atoms with Gasteiger partial charge in [0, 0.05) is 6.54 Å². The average molecular weight is 331 g/mol. The van der Waals surface area contributed by atoms with Crippen molar-refractivity contribution in [2.24, 2.45) is 0 Å². The number of carbonyl (C=O) groups excluding carboxylic acids is 1. The van der Waals surface area contributed by atoms with Gasteiger partial charge in [0.15, 0.2) is 0 Å². The quantitative estimate of drug-likeness (QED) is 0.807. The van der Waals surface area contributed by atoms with Crippen molar-refractivity contribution in [2.45, 2.75) is 12.2 Å². The first-order valence-electron chi connectivity index (χ1n) is 7.27.